The van der Waals surface area contributed by atoms with E-state index in [1.165, 1.54) is 5.56 Å². The van der Waals surface area contributed by atoms with Crippen molar-refractivity contribution in [2.75, 3.05) is 19.6 Å². The fourth-order valence-electron chi connectivity index (χ4n) is 1.48. The van der Waals surface area contributed by atoms with Crippen molar-refractivity contribution in [3.63, 3.8) is 0 Å². The molecular formula is C13H19N3O2. The Morgan fingerprint density at radius 3 is 2.50 bits per heavy atom. The van der Waals surface area contributed by atoms with E-state index in [1.807, 2.05) is 30.3 Å². The van der Waals surface area contributed by atoms with Crippen molar-refractivity contribution in [1.29, 1.82) is 0 Å². The first-order valence-electron chi connectivity index (χ1n) is 6.05. The summed E-state index contributed by atoms with van der Waals surface area (Å²) in [5.74, 6) is 0. The molecule has 5 heteroatoms. The number of hydrogen-bond donors (Lipinski definition) is 3. The first-order chi connectivity index (χ1) is 8.83. The third-order valence-corrected chi connectivity index (χ3v) is 2.41. The van der Waals surface area contributed by atoms with Crippen LogP contribution in [0.15, 0.2) is 30.3 Å². The maximum Gasteiger partial charge on any atom is 0.314 e. The van der Waals surface area contributed by atoms with Crippen LogP contribution in [0, 0.1) is 0 Å². The van der Waals surface area contributed by atoms with Crippen molar-refractivity contribution in [3.05, 3.63) is 35.9 Å². The molecule has 0 saturated carbocycles. The second-order valence-electron chi connectivity index (χ2n) is 3.84. The predicted molar refractivity (Wildman–Crippen MR) is 70.2 cm³/mol. The van der Waals surface area contributed by atoms with Crippen LogP contribution in [-0.4, -0.2) is 32.1 Å². The van der Waals surface area contributed by atoms with E-state index in [9.17, 15) is 9.59 Å². The van der Waals surface area contributed by atoms with Crippen molar-refractivity contribution >= 4 is 12.4 Å². The Morgan fingerprint density at radius 2 is 1.78 bits per heavy atom. The van der Waals surface area contributed by atoms with E-state index in [1.54, 1.807) is 0 Å². The van der Waals surface area contributed by atoms with Crippen LogP contribution in [0.2, 0.25) is 0 Å². The Morgan fingerprint density at radius 1 is 1.06 bits per heavy atom. The number of rotatable bonds is 8. The minimum atomic E-state index is -0.169. The molecule has 0 aliphatic carbocycles. The second-order valence-corrected chi connectivity index (χ2v) is 3.84. The van der Waals surface area contributed by atoms with Gasteiger partial charge in [0.2, 0.25) is 6.41 Å². The molecule has 18 heavy (non-hydrogen) atoms. The van der Waals surface area contributed by atoms with Gasteiger partial charge in [-0.05, 0) is 18.4 Å². The lowest BCUT2D eigenvalue weighted by Gasteiger charge is -2.07. The molecule has 3 amide bonds. The fraction of sp³-hybridized carbons (Fsp3) is 0.385. The van der Waals surface area contributed by atoms with Crippen LogP contribution in [0.1, 0.15) is 12.0 Å². The van der Waals surface area contributed by atoms with E-state index in [4.69, 9.17) is 0 Å². The number of benzene rings is 1. The zero-order chi connectivity index (χ0) is 13.1. The third kappa shape index (κ3) is 6.52. The summed E-state index contributed by atoms with van der Waals surface area (Å²) in [5.41, 5.74) is 1.20. The summed E-state index contributed by atoms with van der Waals surface area (Å²) in [6, 6.07) is 9.83. The van der Waals surface area contributed by atoms with E-state index < -0.39 is 0 Å². The number of nitrogens with one attached hydrogen (secondary N) is 3. The second kappa shape index (κ2) is 9.04. The Bertz CT molecular complexity index is 355. The Hall–Kier alpha value is -2.04. The monoisotopic (exact) mass is 249 g/mol. The molecule has 0 fully saturated rings. The van der Waals surface area contributed by atoms with Crippen molar-refractivity contribution in [3.8, 4) is 0 Å². The first kappa shape index (κ1) is 14.0. The molecule has 0 bridgehead atoms. The summed E-state index contributed by atoms with van der Waals surface area (Å²) in [7, 11) is 0. The number of urea groups is 1. The maximum absolute atomic E-state index is 11.4. The van der Waals surface area contributed by atoms with Gasteiger partial charge in [0.15, 0.2) is 0 Å². The highest BCUT2D eigenvalue weighted by Crippen LogP contribution is 1.97. The minimum Gasteiger partial charge on any atom is -0.359 e. The lowest BCUT2D eigenvalue weighted by Crippen LogP contribution is -2.37. The molecule has 5 nitrogen and oxygen atoms in total. The van der Waals surface area contributed by atoms with Gasteiger partial charge >= 0.3 is 6.03 Å². The Balaban J connectivity index is 2.01. The summed E-state index contributed by atoms with van der Waals surface area (Å²) in [6.45, 7) is 1.74. The molecule has 1 aromatic carbocycles. The van der Waals surface area contributed by atoms with Crippen LogP contribution < -0.4 is 16.0 Å². The average Bonchev–Trinajstić information content (AvgIpc) is 2.40. The largest absolute Gasteiger partial charge is 0.359 e. The third-order valence-electron chi connectivity index (χ3n) is 2.41. The molecule has 0 saturated heterocycles. The summed E-state index contributed by atoms with van der Waals surface area (Å²) >= 11 is 0. The summed E-state index contributed by atoms with van der Waals surface area (Å²) in [6.07, 6.45) is 2.20. The molecule has 0 unspecified atom stereocenters. The van der Waals surface area contributed by atoms with Crippen LogP contribution in [0.3, 0.4) is 0 Å². The number of hydrogen-bond acceptors (Lipinski definition) is 2. The smallest absolute Gasteiger partial charge is 0.314 e. The standard InChI is InChI=1S/C13H19N3O2/c17-11-14-8-4-9-15-13(18)16-10-7-12-5-2-1-3-6-12/h1-3,5-6,11H,4,7-10H2,(H,14,17)(H2,15,16,18). The summed E-state index contributed by atoms with van der Waals surface area (Å²) < 4.78 is 0. The Labute approximate surface area is 107 Å². The minimum absolute atomic E-state index is 0.169. The lowest BCUT2D eigenvalue weighted by atomic mass is 10.1. The highest BCUT2D eigenvalue weighted by Gasteiger charge is 1.98. The molecule has 3 N–H and O–H groups in total. The van der Waals surface area contributed by atoms with Crippen molar-refractivity contribution in [2.45, 2.75) is 12.8 Å². The quantitative estimate of drug-likeness (QED) is 0.468. The molecule has 0 heterocycles. The summed E-state index contributed by atoms with van der Waals surface area (Å²) in [4.78, 5) is 21.3. The van der Waals surface area contributed by atoms with Crippen molar-refractivity contribution in [1.82, 2.24) is 16.0 Å². The fourth-order valence-corrected chi connectivity index (χ4v) is 1.48. The van der Waals surface area contributed by atoms with E-state index in [0.717, 1.165) is 12.8 Å². The molecule has 0 aromatic heterocycles. The van der Waals surface area contributed by atoms with Crippen LogP contribution >= 0.6 is 0 Å². The van der Waals surface area contributed by atoms with Gasteiger partial charge < -0.3 is 16.0 Å². The SMILES string of the molecule is O=CNCCCNC(=O)NCCc1ccccc1. The molecule has 0 radical (unpaired) electrons. The number of carbonyl (C=O) groups is 2. The van der Waals surface area contributed by atoms with E-state index >= 15 is 0 Å². The van der Waals surface area contributed by atoms with Gasteiger partial charge in [-0.3, -0.25) is 4.79 Å². The predicted octanol–water partition coefficient (Wildman–Crippen LogP) is 0.664. The molecule has 0 spiro atoms. The van der Waals surface area contributed by atoms with Gasteiger partial charge in [0, 0.05) is 19.6 Å². The van der Waals surface area contributed by atoms with Gasteiger partial charge in [-0.2, -0.15) is 0 Å². The van der Waals surface area contributed by atoms with Gasteiger partial charge in [0.1, 0.15) is 0 Å². The molecular weight excluding hydrogens is 230 g/mol. The van der Waals surface area contributed by atoms with Crippen molar-refractivity contribution in [2.24, 2.45) is 0 Å². The van der Waals surface area contributed by atoms with E-state index in [2.05, 4.69) is 16.0 Å². The highest BCUT2D eigenvalue weighted by atomic mass is 16.2. The molecule has 0 aliphatic rings. The van der Waals surface area contributed by atoms with Gasteiger partial charge in [-0.15, -0.1) is 0 Å². The average molecular weight is 249 g/mol. The zero-order valence-electron chi connectivity index (χ0n) is 10.3. The molecule has 0 atom stereocenters. The van der Waals surface area contributed by atoms with Crippen LogP contribution in [-0.2, 0) is 11.2 Å². The first-order valence-corrected chi connectivity index (χ1v) is 6.05. The molecule has 98 valence electrons. The topological polar surface area (TPSA) is 70.2 Å². The highest BCUT2D eigenvalue weighted by molar-refractivity contribution is 5.73. The lowest BCUT2D eigenvalue weighted by molar-refractivity contribution is -0.109. The van der Waals surface area contributed by atoms with Crippen LogP contribution in [0.5, 0.6) is 0 Å². The van der Waals surface area contributed by atoms with Crippen molar-refractivity contribution < 1.29 is 9.59 Å². The zero-order valence-corrected chi connectivity index (χ0v) is 10.3. The van der Waals surface area contributed by atoms with Gasteiger partial charge in [-0.25, -0.2) is 4.79 Å². The molecule has 1 aromatic rings. The van der Waals surface area contributed by atoms with E-state index in [-0.39, 0.29) is 6.03 Å². The van der Waals surface area contributed by atoms with Gasteiger partial charge in [0.05, 0.1) is 0 Å². The Kier molecular flexibility index (Phi) is 7.04. The van der Waals surface area contributed by atoms with Gasteiger partial charge in [0.25, 0.3) is 0 Å². The van der Waals surface area contributed by atoms with Gasteiger partial charge in [-0.1, -0.05) is 30.3 Å². The number of carbonyl (C=O) groups excluding carboxylic acids is 2. The maximum atomic E-state index is 11.4. The number of amides is 3. The molecule has 1 rings (SSSR count). The van der Waals surface area contributed by atoms with Crippen LogP contribution in [0.4, 0.5) is 4.79 Å². The summed E-state index contributed by atoms with van der Waals surface area (Å²) in [5, 5.41) is 8.04. The normalized spacial score (nSPS) is 9.56. The van der Waals surface area contributed by atoms with Crippen LogP contribution in [0.25, 0.3) is 0 Å². The molecule has 0 aliphatic heterocycles. The van der Waals surface area contributed by atoms with E-state index in [0.29, 0.717) is 26.0 Å².